The number of nitrogens with one attached hydrogen (secondary N) is 2. The molecule has 0 saturated heterocycles. The molecule has 0 radical (unpaired) electrons. The lowest BCUT2D eigenvalue weighted by atomic mass is 10.1. The van der Waals surface area contributed by atoms with Gasteiger partial charge in [0.25, 0.3) is 5.91 Å². The summed E-state index contributed by atoms with van der Waals surface area (Å²) < 4.78 is 5.86. The summed E-state index contributed by atoms with van der Waals surface area (Å²) in [5.74, 6) is 1.19. The van der Waals surface area contributed by atoms with Gasteiger partial charge in [0, 0.05) is 40.3 Å². The number of para-hydroxylation sites is 2. The summed E-state index contributed by atoms with van der Waals surface area (Å²) >= 11 is 0. The lowest BCUT2D eigenvalue weighted by Gasteiger charge is -2.12. The van der Waals surface area contributed by atoms with Crippen molar-refractivity contribution in [1.29, 1.82) is 0 Å². The molecule has 4 aromatic carbocycles. The number of carbonyl (C=O) groups excluding carboxylic acids is 1. The van der Waals surface area contributed by atoms with Crippen molar-refractivity contribution in [2.45, 2.75) is 0 Å². The van der Waals surface area contributed by atoms with Crippen LogP contribution < -0.4 is 15.4 Å². The van der Waals surface area contributed by atoms with Gasteiger partial charge >= 0.3 is 0 Å². The van der Waals surface area contributed by atoms with E-state index in [4.69, 9.17) is 4.74 Å². The minimum atomic E-state index is -0.199. The third kappa shape index (κ3) is 4.83. The van der Waals surface area contributed by atoms with Gasteiger partial charge in [-0.05, 0) is 54.6 Å². The Labute approximate surface area is 191 Å². The Kier molecular flexibility index (Phi) is 5.68. The highest BCUT2D eigenvalue weighted by Crippen LogP contribution is 2.26. The predicted octanol–water partition coefficient (Wildman–Crippen LogP) is 7.02. The molecule has 1 heterocycles. The molecule has 5 nitrogen and oxygen atoms in total. The molecule has 0 saturated carbocycles. The number of hydrogen-bond acceptors (Lipinski definition) is 4. The van der Waals surface area contributed by atoms with E-state index >= 15 is 0 Å². The second-order valence-electron chi connectivity index (χ2n) is 7.48. The van der Waals surface area contributed by atoms with E-state index in [2.05, 4.69) is 15.6 Å². The first-order valence-corrected chi connectivity index (χ1v) is 10.6. The largest absolute Gasteiger partial charge is 0.457 e. The molecule has 1 amide bonds. The van der Waals surface area contributed by atoms with E-state index in [0.717, 1.165) is 28.0 Å². The Morgan fingerprint density at radius 1 is 0.697 bits per heavy atom. The first kappa shape index (κ1) is 20.3. The molecule has 0 spiro atoms. The van der Waals surface area contributed by atoms with Crippen LogP contribution in [0, 0.1) is 0 Å². The molecule has 0 aliphatic heterocycles. The molecule has 0 aliphatic rings. The molecule has 5 rings (SSSR count). The summed E-state index contributed by atoms with van der Waals surface area (Å²) in [5, 5.41) is 7.37. The zero-order valence-corrected chi connectivity index (χ0v) is 17.7. The van der Waals surface area contributed by atoms with Gasteiger partial charge in [0.2, 0.25) is 0 Å². The standard InChI is InChI=1S/C28H21N3O2/c32-28(31-22-10-7-13-24(19-22)33-23-11-2-1-3-12-23)20-8-6-9-21(18-20)30-27-16-17-29-26-15-5-4-14-25(26)27/h1-19H,(H,29,30)(H,31,32). The maximum atomic E-state index is 12.9. The number of ether oxygens (including phenoxy) is 1. The average molecular weight is 431 g/mol. The van der Waals surface area contributed by atoms with Crippen LogP contribution in [0.15, 0.2) is 115 Å². The SMILES string of the molecule is O=C(Nc1cccc(Oc2ccccc2)c1)c1cccc(Nc2ccnc3ccccc23)c1. The third-order valence-corrected chi connectivity index (χ3v) is 5.12. The van der Waals surface area contributed by atoms with E-state index in [1.165, 1.54) is 0 Å². The van der Waals surface area contributed by atoms with Crippen LogP contribution in [0.2, 0.25) is 0 Å². The van der Waals surface area contributed by atoms with Gasteiger partial charge in [-0.1, -0.05) is 48.5 Å². The monoisotopic (exact) mass is 431 g/mol. The molecule has 2 N–H and O–H groups in total. The van der Waals surface area contributed by atoms with Crippen molar-refractivity contribution < 1.29 is 9.53 Å². The first-order chi connectivity index (χ1) is 16.2. The molecule has 33 heavy (non-hydrogen) atoms. The fourth-order valence-electron chi connectivity index (χ4n) is 3.56. The minimum Gasteiger partial charge on any atom is -0.457 e. The molecular weight excluding hydrogens is 410 g/mol. The Hall–Kier alpha value is -4.64. The lowest BCUT2D eigenvalue weighted by Crippen LogP contribution is -2.12. The van der Waals surface area contributed by atoms with E-state index in [1.807, 2.05) is 97.1 Å². The van der Waals surface area contributed by atoms with Crippen molar-refractivity contribution in [3.63, 3.8) is 0 Å². The number of aromatic nitrogens is 1. The van der Waals surface area contributed by atoms with Crippen molar-refractivity contribution >= 4 is 33.9 Å². The van der Waals surface area contributed by atoms with Crippen molar-refractivity contribution in [2.75, 3.05) is 10.6 Å². The summed E-state index contributed by atoms with van der Waals surface area (Å²) in [6, 6.07) is 34.1. The molecule has 1 aromatic heterocycles. The average Bonchev–Trinajstić information content (AvgIpc) is 2.85. The number of benzene rings is 4. The highest BCUT2D eigenvalue weighted by molar-refractivity contribution is 6.05. The van der Waals surface area contributed by atoms with Gasteiger partial charge in [-0.25, -0.2) is 0 Å². The predicted molar refractivity (Wildman–Crippen MR) is 132 cm³/mol. The minimum absolute atomic E-state index is 0.199. The molecule has 0 bridgehead atoms. The molecule has 0 fully saturated rings. The Bertz CT molecular complexity index is 1410. The summed E-state index contributed by atoms with van der Waals surface area (Å²) in [5.41, 5.74) is 3.87. The van der Waals surface area contributed by atoms with Gasteiger partial charge in [-0.3, -0.25) is 9.78 Å². The quantitative estimate of drug-likeness (QED) is 0.303. The number of nitrogens with zero attached hydrogens (tertiary/aromatic N) is 1. The highest BCUT2D eigenvalue weighted by atomic mass is 16.5. The Morgan fingerprint density at radius 3 is 2.36 bits per heavy atom. The molecule has 5 aromatic rings. The maximum absolute atomic E-state index is 12.9. The second kappa shape index (κ2) is 9.24. The van der Waals surface area contributed by atoms with Gasteiger partial charge in [0.15, 0.2) is 0 Å². The van der Waals surface area contributed by atoms with Gasteiger partial charge in [-0.15, -0.1) is 0 Å². The number of carbonyl (C=O) groups is 1. The van der Waals surface area contributed by atoms with E-state index in [-0.39, 0.29) is 5.91 Å². The first-order valence-electron chi connectivity index (χ1n) is 10.6. The third-order valence-electron chi connectivity index (χ3n) is 5.12. The second-order valence-corrected chi connectivity index (χ2v) is 7.48. The fraction of sp³-hybridized carbons (Fsp3) is 0. The molecule has 0 unspecified atom stereocenters. The van der Waals surface area contributed by atoms with Crippen LogP contribution >= 0.6 is 0 Å². The van der Waals surface area contributed by atoms with Crippen molar-refractivity contribution in [3.05, 3.63) is 121 Å². The van der Waals surface area contributed by atoms with Crippen molar-refractivity contribution in [1.82, 2.24) is 4.98 Å². The van der Waals surface area contributed by atoms with Crippen LogP contribution in [-0.4, -0.2) is 10.9 Å². The van der Waals surface area contributed by atoms with Crippen molar-refractivity contribution in [3.8, 4) is 11.5 Å². The van der Waals surface area contributed by atoms with Crippen molar-refractivity contribution in [2.24, 2.45) is 0 Å². The van der Waals surface area contributed by atoms with Gasteiger partial charge < -0.3 is 15.4 Å². The van der Waals surface area contributed by atoms with Gasteiger partial charge in [0.1, 0.15) is 11.5 Å². The van der Waals surface area contributed by atoms with Crippen LogP contribution in [0.4, 0.5) is 17.1 Å². The van der Waals surface area contributed by atoms with Crippen LogP contribution in [0.1, 0.15) is 10.4 Å². The summed E-state index contributed by atoms with van der Waals surface area (Å²) in [4.78, 5) is 17.3. The van der Waals surface area contributed by atoms with Crippen LogP contribution in [0.3, 0.4) is 0 Å². The smallest absolute Gasteiger partial charge is 0.255 e. The normalized spacial score (nSPS) is 10.5. The number of pyridine rings is 1. The van der Waals surface area contributed by atoms with Crippen LogP contribution in [0.25, 0.3) is 10.9 Å². The topological polar surface area (TPSA) is 63.2 Å². The molecule has 0 atom stereocenters. The van der Waals surface area contributed by atoms with Crippen LogP contribution in [0.5, 0.6) is 11.5 Å². The van der Waals surface area contributed by atoms with E-state index < -0.39 is 0 Å². The molecule has 5 heteroatoms. The lowest BCUT2D eigenvalue weighted by molar-refractivity contribution is 0.102. The highest BCUT2D eigenvalue weighted by Gasteiger charge is 2.09. The van der Waals surface area contributed by atoms with E-state index in [9.17, 15) is 4.79 Å². The Balaban J connectivity index is 1.32. The van der Waals surface area contributed by atoms with Crippen LogP contribution in [-0.2, 0) is 0 Å². The van der Waals surface area contributed by atoms with E-state index in [1.54, 1.807) is 18.3 Å². The zero-order chi connectivity index (χ0) is 22.5. The number of anilines is 3. The summed E-state index contributed by atoms with van der Waals surface area (Å²) in [6.45, 7) is 0. The van der Waals surface area contributed by atoms with Gasteiger partial charge in [-0.2, -0.15) is 0 Å². The fourth-order valence-corrected chi connectivity index (χ4v) is 3.56. The van der Waals surface area contributed by atoms with E-state index in [0.29, 0.717) is 17.0 Å². The molecule has 0 aliphatic carbocycles. The molecule has 160 valence electrons. The zero-order valence-electron chi connectivity index (χ0n) is 17.7. The number of amides is 1. The summed E-state index contributed by atoms with van der Waals surface area (Å²) in [6.07, 6.45) is 1.77. The number of rotatable bonds is 6. The Morgan fingerprint density at radius 2 is 1.45 bits per heavy atom. The number of hydrogen-bond donors (Lipinski definition) is 2. The maximum Gasteiger partial charge on any atom is 0.255 e. The molecular formula is C28H21N3O2. The van der Waals surface area contributed by atoms with Gasteiger partial charge in [0.05, 0.1) is 5.52 Å². The number of fused-ring (bicyclic) bond motifs is 1. The summed E-state index contributed by atoms with van der Waals surface area (Å²) in [7, 11) is 0.